The summed E-state index contributed by atoms with van der Waals surface area (Å²) in [7, 11) is 0. The molecule has 2 nitrogen and oxygen atoms in total. The molecule has 0 aliphatic carbocycles. The van der Waals surface area contributed by atoms with Gasteiger partial charge in [0, 0.05) is 17.1 Å². The van der Waals surface area contributed by atoms with Crippen molar-refractivity contribution in [1.29, 1.82) is 0 Å². The van der Waals surface area contributed by atoms with Gasteiger partial charge < -0.3 is 10.5 Å². The van der Waals surface area contributed by atoms with Gasteiger partial charge in [0.15, 0.2) is 0 Å². The van der Waals surface area contributed by atoms with E-state index in [1.165, 1.54) is 18.2 Å². The Labute approximate surface area is 118 Å². The van der Waals surface area contributed by atoms with Crippen LogP contribution in [0.5, 0.6) is 5.75 Å². The highest BCUT2D eigenvalue weighted by Gasteiger charge is 2.32. The van der Waals surface area contributed by atoms with Crippen molar-refractivity contribution in [3.8, 4) is 16.9 Å². The number of ether oxygens (including phenoxy) is 1. The van der Waals surface area contributed by atoms with Crippen molar-refractivity contribution in [1.82, 2.24) is 0 Å². The van der Waals surface area contributed by atoms with E-state index in [1.54, 1.807) is 24.3 Å². The third-order valence-corrected chi connectivity index (χ3v) is 3.05. The molecular formula is C14H11ClF3NO. The second-order valence-electron chi connectivity index (χ2n) is 4.05. The van der Waals surface area contributed by atoms with Crippen molar-refractivity contribution in [2.75, 3.05) is 0 Å². The molecular weight excluding hydrogens is 291 g/mol. The first-order valence-electron chi connectivity index (χ1n) is 5.74. The summed E-state index contributed by atoms with van der Waals surface area (Å²) >= 11 is 6.02. The zero-order valence-corrected chi connectivity index (χ0v) is 11.0. The molecule has 0 fully saturated rings. The summed E-state index contributed by atoms with van der Waals surface area (Å²) in [6.07, 6.45) is -4.74. The van der Waals surface area contributed by atoms with E-state index in [1.807, 2.05) is 0 Å². The Morgan fingerprint density at radius 2 is 1.80 bits per heavy atom. The van der Waals surface area contributed by atoms with Crippen LogP contribution < -0.4 is 10.5 Å². The van der Waals surface area contributed by atoms with Gasteiger partial charge in [-0.2, -0.15) is 0 Å². The number of para-hydroxylation sites is 1. The van der Waals surface area contributed by atoms with Crippen LogP contribution in [0, 0.1) is 0 Å². The first-order chi connectivity index (χ1) is 9.40. The summed E-state index contributed by atoms with van der Waals surface area (Å²) in [5.74, 6) is -0.267. The molecule has 2 rings (SSSR count). The summed E-state index contributed by atoms with van der Waals surface area (Å²) in [4.78, 5) is 0. The van der Waals surface area contributed by atoms with Crippen LogP contribution in [0.1, 0.15) is 5.56 Å². The lowest BCUT2D eigenvalue weighted by Gasteiger charge is -2.14. The van der Waals surface area contributed by atoms with Crippen molar-refractivity contribution < 1.29 is 17.9 Å². The van der Waals surface area contributed by atoms with Gasteiger partial charge in [0.1, 0.15) is 5.75 Å². The number of nitrogens with two attached hydrogens (primary N) is 1. The maximum Gasteiger partial charge on any atom is 0.573 e. The van der Waals surface area contributed by atoms with Gasteiger partial charge in [-0.3, -0.25) is 0 Å². The van der Waals surface area contributed by atoms with Crippen molar-refractivity contribution in [2.24, 2.45) is 5.73 Å². The number of halogens is 4. The topological polar surface area (TPSA) is 35.2 Å². The molecule has 0 aliphatic heterocycles. The molecule has 106 valence electrons. The van der Waals surface area contributed by atoms with Crippen molar-refractivity contribution in [3.63, 3.8) is 0 Å². The molecule has 0 bridgehead atoms. The first-order valence-corrected chi connectivity index (χ1v) is 6.12. The van der Waals surface area contributed by atoms with Crippen molar-refractivity contribution in [3.05, 3.63) is 53.1 Å². The van der Waals surface area contributed by atoms with Crippen LogP contribution in [0.15, 0.2) is 42.5 Å². The lowest BCUT2D eigenvalue weighted by atomic mass is 10.0. The Balaban J connectivity index is 2.45. The minimum atomic E-state index is -4.74. The highest BCUT2D eigenvalue weighted by atomic mass is 35.5. The summed E-state index contributed by atoms with van der Waals surface area (Å²) in [5.41, 5.74) is 7.07. The van der Waals surface area contributed by atoms with Crippen molar-refractivity contribution in [2.45, 2.75) is 12.9 Å². The third kappa shape index (κ3) is 3.43. The van der Waals surface area contributed by atoms with E-state index in [-0.39, 0.29) is 12.3 Å². The lowest BCUT2D eigenvalue weighted by molar-refractivity contribution is -0.274. The average molecular weight is 302 g/mol. The second kappa shape index (κ2) is 5.73. The lowest BCUT2D eigenvalue weighted by Crippen LogP contribution is -2.17. The summed E-state index contributed by atoms with van der Waals surface area (Å²) in [5, 5.41) is 0.409. The van der Waals surface area contributed by atoms with E-state index in [0.29, 0.717) is 16.1 Å². The largest absolute Gasteiger partial charge is 0.573 e. The van der Waals surface area contributed by atoms with Gasteiger partial charge in [0.25, 0.3) is 0 Å². The van der Waals surface area contributed by atoms with Crippen LogP contribution >= 0.6 is 11.6 Å². The van der Waals surface area contributed by atoms with Gasteiger partial charge in [-0.05, 0) is 23.3 Å². The van der Waals surface area contributed by atoms with Gasteiger partial charge in [-0.25, -0.2) is 0 Å². The first kappa shape index (κ1) is 14.7. The van der Waals surface area contributed by atoms with E-state index < -0.39 is 6.36 Å². The Kier molecular flexibility index (Phi) is 4.20. The van der Waals surface area contributed by atoms with Crippen LogP contribution in [0.25, 0.3) is 11.1 Å². The number of rotatable bonds is 3. The van der Waals surface area contributed by atoms with E-state index in [2.05, 4.69) is 4.74 Å². The molecule has 0 aromatic heterocycles. The van der Waals surface area contributed by atoms with E-state index in [9.17, 15) is 13.2 Å². The van der Waals surface area contributed by atoms with Gasteiger partial charge in [-0.15, -0.1) is 13.2 Å². The third-order valence-electron chi connectivity index (χ3n) is 2.70. The fraction of sp³-hybridized carbons (Fsp3) is 0.143. The second-order valence-corrected chi connectivity index (χ2v) is 4.46. The highest BCUT2D eigenvalue weighted by molar-refractivity contribution is 6.31. The molecule has 0 amide bonds. The van der Waals surface area contributed by atoms with E-state index >= 15 is 0 Å². The fourth-order valence-corrected chi connectivity index (χ4v) is 2.06. The molecule has 0 spiro atoms. The maximum atomic E-state index is 12.4. The van der Waals surface area contributed by atoms with Crippen LogP contribution in [-0.2, 0) is 6.54 Å². The molecule has 0 radical (unpaired) electrons. The minimum absolute atomic E-state index is 0.264. The standard InChI is InChI=1S/C14H11ClF3NO/c15-12-7-9(5-6-10(12)8-19)11-3-1-2-4-13(11)20-14(16,17)18/h1-7H,8,19H2. The summed E-state index contributed by atoms with van der Waals surface area (Å²) < 4.78 is 41.1. The summed E-state index contributed by atoms with van der Waals surface area (Å²) in [6, 6.07) is 10.8. The molecule has 2 aromatic rings. The molecule has 20 heavy (non-hydrogen) atoms. The molecule has 0 heterocycles. The highest BCUT2D eigenvalue weighted by Crippen LogP contribution is 2.35. The molecule has 2 N–H and O–H groups in total. The number of benzene rings is 2. The minimum Gasteiger partial charge on any atom is -0.405 e. The zero-order chi connectivity index (χ0) is 14.8. The van der Waals surface area contributed by atoms with Crippen LogP contribution in [0.3, 0.4) is 0 Å². The van der Waals surface area contributed by atoms with Gasteiger partial charge >= 0.3 is 6.36 Å². The maximum absolute atomic E-state index is 12.4. The monoisotopic (exact) mass is 301 g/mol. The Bertz CT molecular complexity index is 614. The molecule has 2 aromatic carbocycles. The quantitative estimate of drug-likeness (QED) is 0.914. The average Bonchev–Trinajstić information content (AvgIpc) is 2.37. The Morgan fingerprint density at radius 3 is 2.40 bits per heavy atom. The fourth-order valence-electron chi connectivity index (χ4n) is 1.80. The van der Waals surface area contributed by atoms with E-state index in [0.717, 1.165) is 5.56 Å². The predicted octanol–water partition coefficient (Wildman–Crippen LogP) is 4.36. The predicted molar refractivity (Wildman–Crippen MR) is 71.5 cm³/mol. The SMILES string of the molecule is NCc1ccc(-c2ccccc2OC(F)(F)F)cc1Cl. The van der Waals surface area contributed by atoms with Crippen LogP contribution in [0.2, 0.25) is 5.02 Å². The molecule has 0 saturated heterocycles. The molecule has 0 aliphatic rings. The van der Waals surface area contributed by atoms with Crippen molar-refractivity contribution >= 4 is 11.6 Å². The Morgan fingerprint density at radius 1 is 1.10 bits per heavy atom. The number of alkyl halides is 3. The zero-order valence-electron chi connectivity index (χ0n) is 10.2. The normalized spacial score (nSPS) is 11.4. The Hall–Kier alpha value is -1.72. The van der Waals surface area contributed by atoms with Gasteiger partial charge in [-0.1, -0.05) is 41.9 Å². The molecule has 0 saturated carbocycles. The number of hydrogen-bond donors (Lipinski definition) is 1. The van der Waals surface area contributed by atoms with E-state index in [4.69, 9.17) is 17.3 Å². The molecule has 0 atom stereocenters. The molecule has 6 heteroatoms. The number of hydrogen-bond acceptors (Lipinski definition) is 2. The van der Waals surface area contributed by atoms with Gasteiger partial charge in [0.05, 0.1) is 0 Å². The van der Waals surface area contributed by atoms with Gasteiger partial charge in [0.2, 0.25) is 0 Å². The smallest absolute Gasteiger partial charge is 0.405 e. The summed E-state index contributed by atoms with van der Waals surface area (Å²) in [6.45, 7) is 0.264. The molecule has 0 unspecified atom stereocenters. The van der Waals surface area contributed by atoms with Crippen LogP contribution in [0.4, 0.5) is 13.2 Å². The van der Waals surface area contributed by atoms with Crippen LogP contribution in [-0.4, -0.2) is 6.36 Å².